The standard InChI is InChI=1S/C30H30N6O5S/c1-34(39)29(38)23-14-19-16-31-30(33-28(19)36(23)21-4-2-3-5-21)32-20-8-6-18(7-9-20)22-17-42-27-24(37)15-25(41-26(22)27)35-10-12-40-13-11-35/h6-9,14-17,21,39H,2-5,10-13H2,1H3,(H,31,32,33). The molecule has 216 valence electrons. The summed E-state index contributed by atoms with van der Waals surface area (Å²) in [6.07, 6.45) is 5.79. The fraction of sp³-hybridized carbons (Fsp3) is 0.333. The second-order valence-corrected chi connectivity index (χ2v) is 11.6. The number of nitrogens with one attached hydrogen (secondary N) is 1. The van der Waals surface area contributed by atoms with Crippen LogP contribution >= 0.6 is 11.3 Å². The molecule has 11 nitrogen and oxygen atoms in total. The van der Waals surface area contributed by atoms with E-state index in [0.717, 1.165) is 47.9 Å². The Kier molecular flexibility index (Phi) is 6.88. The Morgan fingerprint density at radius 2 is 1.90 bits per heavy atom. The number of thiophene rings is 1. The van der Waals surface area contributed by atoms with Gasteiger partial charge in [0.2, 0.25) is 11.4 Å². The first kappa shape index (κ1) is 26.6. The van der Waals surface area contributed by atoms with Gasteiger partial charge < -0.3 is 23.9 Å². The molecule has 1 aliphatic carbocycles. The summed E-state index contributed by atoms with van der Waals surface area (Å²) in [5.41, 5.74) is 4.20. The van der Waals surface area contributed by atoms with E-state index in [2.05, 4.69) is 10.3 Å². The van der Waals surface area contributed by atoms with Gasteiger partial charge in [0.05, 0.1) is 13.2 Å². The van der Waals surface area contributed by atoms with Gasteiger partial charge in [-0.05, 0) is 36.6 Å². The van der Waals surface area contributed by atoms with Gasteiger partial charge in [0, 0.05) is 60.5 Å². The Bertz CT molecular complexity index is 1830. The second kappa shape index (κ2) is 10.9. The summed E-state index contributed by atoms with van der Waals surface area (Å²) in [6, 6.07) is 11.3. The highest BCUT2D eigenvalue weighted by atomic mass is 32.1. The zero-order valence-corrected chi connectivity index (χ0v) is 23.9. The number of hydroxylamine groups is 2. The molecule has 1 amide bonds. The monoisotopic (exact) mass is 586 g/mol. The first-order chi connectivity index (χ1) is 20.5. The average Bonchev–Trinajstić information content (AvgIpc) is 3.76. The summed E-state index contributed by atoms with van der Waals surface area (Å²) in [5.74, 6) is 0.504. The molecule has 2 fully saturated rings. The third kappa shape index (κ3) is 4.81. The van der Waals surface area contributed by atoms with Crippen molar-refractivity contribution in [2.24, 2.45) is 0 Å². The van der Waals surface area contributed by atoms with Crippen molar-refractivity contribution in [1.82, 2.24) is 19.6 Å². The molecule has 0 spiro atoms. The van der Waals surface area contributed by atoms with E-state index in [0.29, 0.717) is 64.8 Å². The number of benzene rings is 1. The van der Waals surface area contributed by atoms with Gasteiger partial charge >= 0.3 is 0 Å². The van der Waals surface area contributed by atoms with E-state index in [9.17, 15) is 14.8 Å². The first-order valence-electron chi connectivity index (χ1n) is 14.1. The van der Waals surface area contributed by atoms with Crippen LogP contribution in [0.5, 0.6) is 0 Å². The van der Waals surface area contributed by atoms with Gasteiger partial charge in [-0.15, -0.1) is 11.3 Å². The van der Waals surface area contributed by atoms with E-state index in [1.807, 2.05) is 39.1 Å². The highest BCUT2D eigenvalue weighted by Crippen LogP contribution is 2.36. The molecule has 7 rings (SSSR count). The maximum Gasteiger partial charge on any atom is 0.293 e. The van der Waals surface area contributed by atoms with Crippen LogP contribution in [0.3, 0.4) is 0 Å². The maximum atomic E-state index is 12.9. The highest BCUT2D eigenvalue weighted by Gasteiger charge is 2.27. The number of fused-ring (bicyclic) bond motifs is 2. The number of hydrogen-bond acceptors (Lipinski definition) is 10. The molecule has 5 heterocycles. The molecule has 42 heavy (non-hydrogen) atoms. The molecule has 0 atom stereocenters. The third-order valence-electron chi connectivity index (χ3n) is 7.98. The van der Waals surface area contributed by atoms with Crippen molar-refractivity contribution in [3.63, 3.8) is 0 Å². The Labute approximate surface area is 244 Å². The lowest BCUT2D eigenvalue weighted by Gasteiger charge is -2.27. The minimum atomic E-state index is -0.473. The number of morpholine rings is 1. The van der Waals surface area contributed by atoms with Gasteiger partial charge in [0.25, 0.3) is 5.91 Å². The topological polar surface area (TPSA) is 126 Å². The third-order valence-corrected chi connectivity index (χ3v) is 8.96. The Balaban J connectivity index is 1.18. The number of rotatable bonds is 6. The van der Waals surface area contributed by atoms with E-state index in [1.54, 1.807) is 18.3 Å². The summed E-state index contributed by atoms with van der Waals surface area (Å²) < 4.78 is 14.3. The number of carbonyl (C=O) groups is 1. The van der Waals surface area contributed by atoms with Crippen LogP contribution in [0.25, 0.3) is 32.4 Å². The van der Waals surface area contributed by atoms with E-state index in [1.165, 1.54) is 18.4 Å². The predicted octanol–water partition coefficient (Wildman–Crippen LogP) is 5.42. The molecule has 4 aromatic heterocycles. The van der Waals surface area contributed by atoms with Crippen LogP contribution in [0.1, 0.15) is 42.2 Å². The number of nitrogens with zero attached hydrogens (tertiary/aromatic N) is 5. The molecule has 1 saturated heterocycles. The van der Waals surface area contributed by atoms with E-state index >= 15 is 0 Å². The largest absolute Gasteiger partial charge is 0.439 e. The van der Waals surface area contributed by atoms with E-state index < -0.39 is 5.91 Å². The molecule has 0 bridgehead atoms. The maximum absolute atomic E-state index is 12.9. The first-order valence-corrected chi connectivity index (χ1v) is 14.9. The van der Waals surface area contributed by atoms with Crippen molar-refractivity contribution in [2.75, 3.05) is 43.6 Å². The SMILES string of the molecule is CN(O)C(=O)c1cc2cnc(Nc3ccc(-c4csc5c(=O)cc(N6CCOCC6)oc45)cc3)nc2n1C1CCCC1. The fourth-order valence-electron chi connectivity index (χ4n) is 5.86. The number of aromatic nitrogens is 3. The van der Waals surface area contributed by atoms with Crippen LogP contribution < -0.4 is 15.6 Å². The van der Waals surface area contributed by atoms with Gasteiger partial charge in [-0.2, -0.15) is 4.98 Å². The lowest BCUT2D eigenvalue weighted by atomic mass is 10.1. The molecular weight excluding hydrogens is 556 g/mol. The summed E-state index contributed by atoms with van der Waals surface area (Å²) in [4.78, 5) is 36.9. The molecule has 2 aliphatic rings. The number of amides is 1. The van der Waals surface area contributed by atoms with Crippen molar-refractivity contribution in [3.05, 3.63) is 63.9 Å². The number of ether oxygens (including phenoxy) is 1. The minimum absolute atomic E-state index is 0.0438. The fourth-order valence-corrected chi connectivity index (χ4v) is 6.77. The van der Waals surface area contributed by atoms with Crippen molar-refractivity contribution >= 4 is 56.1 Å². The molecule has 2 N–H and O–H groups in total. The number of carbonyl (C=O) groups excluding carboxylic acids is 1. The number of hydrogen-bond donors (Lipinski definition) is 2. The predicted molar refractivity (Wildman–Crippen MR) is 161 cm³/mol. The van der Waals surface area contributed by atoms with Crippen molar-refractivity contribution < 1.29 is 19.2 Å². The molecular formula is C30H30N6O5S. The van der Waals surface area contributed by atoms with Crippen LogP contribution in [0.4, 0.5) is 17.5 Å². The smallest absolute Gasteiger partial charge is 0.293 e. The lowest BCUT2D eigenvalue weighted by molar-refractivity contribution is -0.0383. The summed E-state index contributed by atoms with van der Waals surface area (Å²) >= 11 is 1.39. The molecule has 0 unspecified atom stereocenters. The normalized spacial score (nSPS) is 16.0. The van der Waals surface area contributed by atoms with Crippen molar-refractivity contribution in [1.29, 1.82) is 0 Å². The van der Waals surface area contributed by atoms with E-state index in [4.69, 9.17) is 14.1 Å². The molecule has 1 aromatic carbocycles. The van der Waals surface area contributed by atoms with Crippen LogP contribution in [0, 0.1) is 0 Å². The van der Waals surface area contributed by atoms with Gasteiger partial charge in [0.1, 0.15) is 16.0 Å². The van der Waals surface area contributed by atoms with Crippen LogP contribution in [0.2, 0.25) is 0 Å². The highest BCUT2D eigenvalue weighted by molar-refractivity contribution is 7.17. The Morgan fingerprint density at radius 3 is 2.64 bits per heavy atom. The molecule has 1 aliphatic heterocycles. The average molecular weight is 587 g/mol. The zero-order chi connectivity index (χ0) is 28.8. The lowest BCUT2D eigenvalue weighted by Crippen LogP contribution is -2.36. The molecule has 0 radical (unpaired) electrons. The van der Waals surface area contributed by atoms with Gasteiger partial charge in [0.15, 0.2) is 11.5 Å². The van der Waals surface area contributed by atoms with Gasteiger partial charge in [-0.3, -0.25) is 14.8 Å². The summed E-state index contributed by atoms with van der Waals surface area (Å²) in [5, 5.41) is 16.4. The Morgan fingerprint density at radius 1 is 1.14 bits per heavy atom. The van der Waals surface area contributed by atoms with Crippen LogP contribution in [-0.2, 0) is 4.74 Å². The zero-order valence-electron chi connectivity index (χ0n) is 23.1. The Hall–Kier alpha value is -4.26. The summed E-state index contributed by atoms with van der Waals surface area (Å²) in [6.45, 7) is 2.58. The molecule has 5 aromatic rings. The van der Waals surface area contributed by atoms with Gasteiger partial charge in [-0.1, -0.05) is 25.0 Å². The van der Waals surface area contributed by atoms with Crippen molar-refractivity contribution in [2.45, 2.75) is 31.7 Å². The van der Waals surface area contributed by atoms with Crippen LogP contribution in [-0.4, -0.2) is 64.1 Å². The number of anilines is 3. The molecule has 12 heteroatoms. The molecule has 1 saturated carbocycles. The van der Waals surface area contributed by atoms with Crippen molar-refractivity contribution in [3.8, 4) is 11.1 Å². The van der Waals surface area contributed by atoms with E-state index in [-0.39, 0.29) is 11.5 Å². The summed E-state index contributed by atoms with van der Waals surface area (Å²) in [7, 11) is 1.33. The second-order valence-electron chi connectivity index (χ2n) is 10.7. The van der Waals surface area contributed by atoms with Crippen LogP contribution in [0.15, 0.2) is 57.2 Å². The minimum Gasteiger partial charge on any atom is -0.439 e. The quantitative estimate of drug-likeness (QED) is 0.198. The van der Waals surface area contributed by atoms with Gasteiger partial charge in [-0.25, -0.2) is 10.0 Å².